The van der Waals surface area contributed by atoms with Crippen molar-refractivity contribution in [2.24, 2.45) is 0 Å². The normalized spacial score (nSPS) is 15.8. The minimum Gasteiger partial charge on any atom is -0.355 e. The van der Waals surface area contributed by atoms with Gasteiger partial charge in [0.05, 0.1) is 0 Å². The van der Waals surface area contributed by atoms with Gasteiger partial charge in [-0.2, -0.15) is 5.26 Å². The molecule has 0 radical (unpaired) electrons. The van der Waals surface area contributed by atoms with Gasteiger partial charge in [0.1, 0.15) is 6.07 Å². The van der Waals surface area contributed by atoms with Gasteiger partial charge >= 0.3 is 0 Å². The Morgan fingerprint density at radius 1 is 1.23 bits per heavy atom. The van der Waals surface area contributed by atoms with Crippen molar-refractivity contribution in [2.75, 3.05) is 18.0 Å². The molecular weight excluding hydrogens is 164 g/mol. The van der Waals surface area contributed by atoms with Gasteiger partial charge in [0.2, 0.25) is 0 Å². The highest BCUT2D eigenvalue weighted by Crippen LogP contribution is 2.16. The van der Waals surface area contributed by atoms with Crippen molar-refractivity contribution in [3.63, 3.8) is 0 Å². The first kappa shape index (κ1) is 7.99. The summed E-state index contributed by atoms with van der Waals surface area (Å²) in [4.78, 5) is 2.19. The first-order chi connectivity index (χ1) is 6.40. The van der Waals surface area contributed by atoms with Crippen LogP contribution in [0.3, 0.4) is 0 Å². The van der Waals surface area contributed by atoms with E-state index in [1.54, 1.807) is 6.07 Å². The van der Waals surface area contributed by atoms with Crippen LogP contribution in [0.1, 0.15) is 18.5 Å². The molecule has 1 aliphatic rings. The van der Waals surface area contributed by atoms with Crippen molar-refractivity contribution in [3.05, 3.63) is 17.8 Å². The van der Waals surface area contributed by atoms with E-state index in [0.29, 0.717) is 5.69 Å². The molecule has 1 saturated heterocycles. The highest BCUT2D eigenvalue weighted by atomic mass is 15.3. The molecule has 0 spiro atoms. The lowest BCUT2D eigenvalue weighted by Crippen LogP contribution is -2.19. The molecule has 4 heteroatoms. The van der Waals surface area contributed by atoms with E-state index in [1.165, 1.54) is 12.8 Å². The van der Waals surface area contributed by atoms with Crippen molar-refractivity contribution >= 4 is 5.82 Å². The quantitative estimate of drug-likeness (QED) is 0.636. The summed E-state index contributed by atoms with van der Waals surface area (Å²) in [5.41, 5.74) is 0.378. The van der Waals surface area contributed by atoms with Gasteiger partial charge in [-0.05, 0) is 25.0 Å². The van der Waals surface area contributed by atoms with E-state index >= 15 is 0 Å². The zero-order chi connectivity index (χ0) is 9.10. The molecule has 66 valence electrons. The lowest BCUT2D eigenvalue weighted by atomic mass is 10.4. The van der Waals surface area contributed by atoms with Gasteiger partial charge in [-0.15, -0.1) is 10.2 Å². The van der Waals surface area contributed by atoms with Gasteiger partial charge in [-0.3, -0.25) is 0 Å². The van der Waals surface area contributed by atoms with E-state index in [4.69, 9.17) is 5.26 Å². The topological polar surface area (TPSA) is 52.8 Å². The fourth-order valence-electron chi connectivity index (χ4n) is 1.50. The molecule has 0 amide bonds. The third kappa shape index (κ3) is 1.59. The maximum Gasteiger partial charge on any atom is 0.163 e. The molecule has 0 bridgehead atoms. The van der Waals surface area contributed by atoms with E-state index in [1.807, 2.05) is 12.1 Å². The Hall–Kier alpha value is -1.63. The smallest absolute Gasteiger partial charge is 0.163 e. The summed E-state index contributed by atoms with van der Waals surface area (Å²) in [6, 6.07) is 5.52. The minimum absolute atomic E-state index is 0.378. The van der Waals surface area contributed by atoms with Crippen LogP contribution in [0.4, 0.5) is 5.82 Å². The zero-order valence-corrected chi connectivity index (χ0v) is 7.27. The summed E-state index contributed by atoms with van der Waals surface area (Å²) < 4.78 is 0. The van der Waals surface area contributed by atoms with Crippen LogP contribution >= 0.6 is 0 Å². The summed E-state index contributed by atoms with van der Waals surface area (Å²) in [7, 11) is 0. The van der Waals surface area contributed by atoms with E-state index < -0.39 is 0 Å². The molecule has 0 saturated carbocycles. The predicted octanol–water partition coefficient (Wildman–Crippen LogP) is 0.948. The first-order valence-corrected chi connectivity index (χ1v) is 4.39. The first-order valence-electron chi connectivity index (χ1n) is 4.39. The van der Waals surface area contributed by atoms with Crippen LogP contribution in [0.15, 0.2) is 12.1 Å². The SMILES string of the molecule is N#Cc1ccc(N2CCCC2)nn1. The van der Waals surface area contributed by atoms with Gasteiger partial charge in [-0.1, -0.05) is 0 Å². The Morgan fingerprint density at radius 3 is 2.54 bits per heavy atom. The minimum atomic E-state index is 0.378. The molecule has 0 aliphatic carbocycles. The number of aromatic nitrogens is 2. The molecule has 0 aromatic carbocycles. The van der Waals surface area contributed by atoms with Crippen LogP contribution in [0.5, 0.6) is 0 Å². The maximum absolute atomic E-state index is 8.53. The monoisotopic (exact) mass is 174 g/mol. The van der Waals surface area contributed by atoms with Gasteiger partial charge in [0.15, 0.2) is 11.5 Å². The van der Waals surface area contributed by atoms with Crippen molar-refractivity contribution in [1.82, 2.24) is 10.2 Å². The highest BCUT2D eigenvalue weighted by Gasteiger charge is 2.13. The summed E-state index contributed by atoms with van der Waals surface area (Å²) in [6.07, 6.45) is 2.45. The standard InChI is InChI=1S/C9H10N4/c10-7-8-3-4-9(12-11-8)13-5-1-2-6-13/h3-4H,1-2,5-6H2. The summed E-state index contributed by atoms with van der Waals surface area (Å²) in [6.45, 7) is 2.11. The average molecular weight is 174 g/mol. The number of nitrogens with zero attached hydrogens (tertiary/aromatic N) is 4. The molecule has 1 fully saturated rings. The molecule has 1 aliphatic heterocycles. The van der Waals surface area contributed by atoms with Crippen LogP contribution in [-0.2, 0) is 0 Å². The summed E-state index contributed by atoms with van der Waals surface area (Å²) >= 11 is 0. The Morgan fingerprint density at radius 2 is 2.00 bits per heavy atom. The fraction of sp³-hybridized carbons (Fsp3) is 0.444. The fourth-order valence-corrected chi connectivity index (χ4v) is 1.50. The number of rotatable bonds is 1. The third-order valence-electron chi connectivity index (χ3n) is 2.20. The van der Waals surface area contributed by atoms with Gasteiger partial charge < -0.3 is 4.90 Å². The molecule has 1 aromatic heterocycles. The zero-order valence-electron chi connectivity index (χ0n) is 7.27. The van der Waals surface area contributed by atoms with Gasteiger partial charge in [0.25, 0.3) is 0 Å². The van der Waals surface area contributed by atoms with Crippen LogP contribution in [0.25, 0.3) is 0 Å². The van der Waals surface area contributed by atoms with Crippen molar-refractivity contribution in [1.29, 1.82) is 5.26 Å². The summed E-state index contributed by atoms with van der Waals surface area (Å²) in [5, 5.41) is 16.3. The second-order valence-electron chi connectivity index (χ2n) is 3.08. The lowest BCUT2D eigenvalue weighted by Gasteiger charge is -2.14. The number of anilines is 1. The van der Waals surface area contributed by atoms with Crippen molar-refractivity contribution < 1.29 is 0 Å². The number of hydrogen-bond donors (Lipinski definition) is 0. The predicted molar refractivity (Wildman–Crippen MR) is 48.2 cm³/mol. The number of hydrogen-bond acceptors (Lipinski definition) is 4. The van der Waals surface area contributed by atoms with Gasteiger partial charge in [0, 0.05) is 13.1 Å². The molecule has 2 heterocycles. The Kier molecular flexibility index (Phi) is 2.09. The maximum atomic E-state index is 8.53. The molecule has 0 N–H and O–H groups in total. The number of nitriles is 1. The van der Waals surface area contributed by atoms with Crippen molar-refractivity contribution in [3.8, 4) is 6.07 Å². The second kappa shape index (κ2) is 3.40. The van der Waals surface area contributed by atoms with Gasteiger partial charge in [-0.25, -0.2) is 0 Å². The van der Waals surface area contributed by atoms with E-state index in [0.717, 1.165) is 18.9 Å². The van der Waals surface area contributed by atoms with Crippen LogP contribution in [0, 0.1) is 11.3 Å². The van der Waals surface area contributed by atoms with Crippen LogP contribution < -0.4 is 4.90 Å². The van der Waals surface area contributed by atoms with E-state index in [2.05, 4.69) is 15.1 Å². The molecule has 1 aromatic rings. The third-order valence-corrected chi connectivity index (χ3v) is 2.20. The highest BCUT2D eigenvalue weighted by molar-refractivity contribution is 5.39. The Bertz CT molecular complexity index is 318. The summed E-state index contributed by atoms with van der Waals surface area (Å²) in [5.74, 6) is 0.886. The van der Waals surface area contributed by atoms with E-state index in [9.17, 15) is 0 Å². The van der Waals surface area contributed by atoms with Crippen LogP contribution in [-0.4, -0.2) is 23.3 Å². The molecular formula is C9H10N4. The molecule has 0 atom stereocenters. The largest absolute Gasteiger partial charge is 0.355 e. The molecule has 0 unspecified atom stereocenters. The molecule has 13 heavy (non-hydrogen) atoms. The van der Waals surface area contributed by atoms with Crippen molar-refractivity contribution in [2.45, 2.75) is 12.8 Å². The average Bonchev–Trinajstić information content (AvgIpc) is 2.71. The van der Waals surface area contributed by atoms with Crippen LogP contribution in [0.2, 0.25) is 0 Å². The second-order valence-corrected chi connectivity index (χ2v) is 3.08. The lowest BCUT2D eigenvalue weighted by molar-refractivity contribution is 0.888. The Labute approximate surface area is 76.8 Å². The van der Waals surface area contributed by atoms with E-state index in [-0.39, 0.29) is 0 Å². The molecule has 2 rings (SSSR count). The Balaban J connectivity index is 2.18. The molecule has 4 nitrogen and oxygen atoms in total.